The molecule has 1 aromatic heterocycles. The molecule has 5 rings (SSSR count). The van der Waals surface area contributed by atoms with E-state index in [9.17, 15) is 18.0 Å². The zero-order chi connectivity index (χ0) is 33.7. The zero-order valence-corrected chi connectivity index (χ0v) is 28.8. The second-order valence-corrected chi connectivity index (χ2v) is 15.1. The van der Waals surface area contributed by atoms with Gasteiger partial charge in [-0.1, -0.05) is 60.2 Å². The molecule has 9 heteroatoms. The Kier molecular flexibility index (Phi) is 8.79. The molecule has 2 heterocycles. The van der Waals surface area contributed by atoms with E-state index in [0.29, 0.717) is 44.6 Å². The van der Waals surface area contributed by atoms with Gasteiger partial charge in [-0.05, 0) is 87.9 Å². The lowest BCUT2D eigenvalue weighted by molar-refractivity contribution is -0.168. The number of aromatic nitrogens is 1. The Hall–Kier alpha value is -4.21. The minimum Gasteiger partial charge on any atom is -0.459 e. The van der Waals surface area contributed by atoms with Crippen LogP contribution in [0.5, 0.6) is 0 Å². The summed E-state index contributed by atoms with van der Waals surface area (Å²) in [5, 5.41) is 0. The number of nitrogens with zero attached hydrogens (tertiary/aromatic N) is 2. The van der Waals surface area contributed by atoms with Crippen molar-refractivity contribution in [1.82, 2.24) is 4.57 Å². The fourth-order valence-electron chi connectivity index (χ4n) is 6.22. The SMILES string of the molecule is Cc1ccc(-c2c(C)c3c(c(C)c2[C@H](OC(C)(C)C)C(=O)OCc2ccccc2)N(S(C)(=O)=O)Cc2cc(C)n(C)c(=O)c2-3)cc1. The quantitative estimate of drug-likeness (QED) is 0.205. The first kappa shape index (κ1) is 33.2. The van der Waals surface area contributed by atoms with Gasteiger partial charge in [-0.2, -0.15) is 0 Å². The number of pyridine rings is 1. The number of rotatable bonds is 7. The Balaban J connectivity index is 1.88. The molecule has 1 aliphatic rings. The summed E-state index contributed by atoms with van der Waals surface area (Å²) >= 11 is 0. The Morgan fingerprint density at radius 2 is 1.54 bits per heavy atom. The highest BCUT2D eigenvalue weighted by Gasteiger charge is 2.40. The summed E-state index contributed by atoms with van der Waals surface area (Å²) in [6.45, 7) is 13.1. The average Bonchev–Trinajstić information content (AvgIpc) is 2.98. The van der Waals surface area contributed by atoms with E-state index in [4.69, 9.17) is 9.47 Å². The van der Waals surface area contributed by atoms with Gasteiger partial charge < -0.3 is 14.0 Å². The number of hydrogen-bond acceptors (Lipinski definition) is 6. The molecule has 0 spiro atoms. The van der Waals surface area contributed by atoms with E-state index in [-0.39, 0.29) is 18.7 Å². The van der Waals surface area contributed by atoms with Gasteiger partial charge in [0.15, 0.2) is 6.10 Å². The lowest BCUT2D eigenvalue weighted by Gasteiger charge is -2.37. The van der Waals surface area contributed by atoms with Gasteiger partial charge in [0.05, 0.1) is 29.7 Å². The number of sulfonamides is 1. The molecule has 242 valence electrons. The van der Waals surface area contributed by atoms with E-state index >= 15 is 0 Å². The van der Waals surface area contributed by atoms with Crippen molar-refractivity contribution in [1.29, 1.82) is 0 Å². The number of carbonyl (C=O) groups excluding carboxylic acids is 1. The largest absolute Gasteiger partial charge is 0.459 e. The molecular formula is C37H42N2O6S. The molecule has 4 aromatic rings. The van der Waals surface area contributed by atoms with E-state index < -0.39 is 27.7 Å². The second-order valence-electron chi connectivity index (χ2n) is 13.2. The first-order valence-corrected chi connectivity index (χ1v) is 17.1. The second kappa shape index (κ2) is 12.2. The minimum absolute atomic E-state index is 0.00899. The van der Waals surface area contributed by atoms with Crippen molar-refractivity contribution in [3.05, 3.63) is 110 Å². The Morgan fingerprint density at radius 3 is 2.13 bits per heavy atom. The highest BCUT2D eigenvalue weighted by Crippen LogP contribution is 2.51. The predicted molar refractivity (Wildman–Crippen MR) is 182 cm³/mol. The number of hydrogen-bond donors (Lipinski definition) is 0. The summed E-state index contributed by atoms with van der Waals surface area (Å²) in [4.78, 5) is 28.1. The van der Waals surface area contributed by atoms with Gasteiger partial charge in [0.2, 0.25) is 10.0 Å². The van der Waals surface area contributed by atoms with Gasteiger partial charge >= 0.3 is 5.97 Å². The highest BCUT2D eigenvalue weighted by molar-refractivity contribution is 7.92. The van der Waals surface area contributed by atoms with Gasteiger partial charge in [-0.15, -0.1) is 0 Å². The number of ether oxygens (including phenoxy) is 2. The monoisotopic (exact) mass is 642 g/mol. The van der Waals surface area contributed by atoms with Crippen molar-refractivity contribution in [2.24, 2.45) is 7.05 Å². The van der Waals surface area contributed by atoms with E-state index in [2.05, 4.69) is 0 Å². The molecular weight excluding hydrogens is 600 g/mol. The molecule has 0 saturated carbocycles. The van der Waals surface area contributed by atoms with E-state index in [1.807, 2.05) is 102 Å². The van der Waals surface area contributed by atoms with Crippen LogP contribution in [0.15, 0.2) is 65.5 Å². The molecule has 0 aliphatic carbocycles. The van der Waals surface area contributed by atoms with Crippen molar-refractivity contribution in [2.75, 3.05) is 10.6 Å². The number of esters is 1. The fourth-order valence-corrected chi connectivity index (χ4v) is 7.16. The van der Waals surface area contributed by atoms with Crippen LogP contribution in [-0.2, 0) is 44.5 Å². The van der Waals surface area contributed by atoms with E-state index in [0.717, 1.165) is 28.6 Å². The molecule has 8 nitrogen and oxygen atoms in total. The molecule has 0 fully saturated rings. The smallest absolute Gasteiger partial charge is 0.340 e. The molecule has 1 atom stereocenters. The number of carbonyl (C=O) groups is 1. The number of fused-ring (bicyclic) bond motifs is 3. The molecule has 46 heavy (non-hydrogen) atoms. The summed E-state index contributed by atoms with van der Waals surface area (Å²) in [7, 11) is -2.10. The zero-order valence-electron chi connectivity index (χ0n) is 28.0. The molecule has 0 saturated heterocycles. The highest BCUT2D eigenvalue weighted by atomic mass is 32.2. The number of anilines is 1. The molecule has 0 radical (unpaired) electrons. The number of aryl methyl sites for hydroxylation is 2. The van der Waals surface area contributed by atoms with Gasteiger partial charge in [0.1, 0.15) is 6.61 Å². The predicted octanol–water partition coefficient (Wildman–Crippen LogP) is 6.83. The van der Waals surface area contributed by atoms with Crippen LogP contribution in [0.1, 0.15) is 65.9 Å². The minimum atomic E-state index is -3.82. The fraction of sp³-hybridized carbons (Fsp3) is 0.351. The van der Waals surface area contributed by atoms with Gasteiger partial charge in [-0.3, -0.25) is 9.10 Å². The van der Waals surface area contributed by atoms with Crippen LogP contribution in [0.2, 0.25) is 0 Å². The third kappa shape index (κ3) is 6.26. The van der Waals surface area contributed by atoms with Crippen molar-refractivity contribution in [3.63, 3.8) is 0 Å². The van der Waals surface area contributed by atoms with Crippen molar-refractivity contribution >= 4 is 21.7 Å². The normalized spacial score (nSPS) is 13.6. The van der Waals surface area contributed by atoms with Gasteiger partial charge in [-0.25, -0.2) is 13.2 Å². The molecule has 1 aliphatic heterocycles. The van der Waals surface area contributed by atoms with E-state index in [1.54, 1.807) is 18.5 Å². The summed E-state index contributed by atoms with van der Waals surface area (Å²) in [5.74, 6) is -0.594. The first-order chi connectivity index (χ1) is 21.5. The molecule has 0 N–H and O–H groups in total. The van der Waals surface area contributed by atoms with Crippen LogP contribution < -0.4 is 9.86 Å². The third-order valence-electron chi connectivity index (χ3n) is 8.49. The topological polar surface area (TPSA) is 94.9 Å². The lowest BCUT2D eigenvalue weighted by atomic mass is 9.80. The van der Waals surface area contributed by atoms with Crippen molar-refractivity contribution in [2.45, 2.75) is 73.3 Å². The maximum absolute atomic E-state index is 14.1. The standard InChI is InChI=1S/C37H42N2O6S/c1-22-15-17-27(18-16-22)29-24(3)30-32-28(19-23(2)38(8)35(32)40)20-39(46(9,42)43)33(30)25(4)31(29)34(45-37(5,6)7)36(41)44-21-26-13-11-10-12-14-26/h10-19,34H,20-21H2,1-9H3/t34-/m0/s1. The van der Waals surface area contributed by atoms with Gasteiger partial charge in [0, 0.05) is 23.9 Å². The first-order valence-electron chi connectivity index (χ1n) is 15.3. The van der Waals surface area contributed by atoms with Gasteiger partial charge in [0.25, 0.3) is 5.56 Å². The maximum atomic E-state index is 14.1. The Morgan fingerprint density at radius 1 is 0.913 bits per heavy atom. The van der Waals surface area contributed by atoms with Crippen LogP contribution in [0.3, 0.4) is 0 Å². The van der Waals surface area contributed by atoms with Crippen LogP contribution in [0.25, 0.3) is 22.3 Å². The van der Waals surface area contributed by atoms with Crippen molar-refractivity contribution in [3.8, 4) is 22.3 Å². The lowest BCUT2D eigenvalue weighted by Crippen LogP contribution is -2.37. The molecule has 3 aromatic carbocycles. The maximum Gasteiger partial charge on any atom is 0.340 e. The molecule has 0 unspecified atom stereocenters. The van der Waals surface area contributed by atoms with Crippen LogP contribution in [0, 0.1) is 27.7 Å². The summed E-state index contributed by atoms with van der Waals surface area (Å²) in [5.41, 5.74) is 6.86. The summed E-state index contributed by atoms with van der Waals surface area (Å²) in [6, 6.07) is 19.2. The average molecular weight is 643 g/mol. The summed E-state index contributed by atoms with van der Waals surface area (Å²) < 4.78 is 42.3. The van der Waals surface area contributed by atoms with Crippen LogP contribution in [0.4, 0.5) is 5.69 Å². The molecule has 0 bridgehead atoms. The van der Waals surface area contributed by atoms with Crippen molar-refractivity contribution < 1.29 is 22.7 Å². The molecule has 0 amide bonds. The Labute approximate surface area is 271 Å². The number of benzene rings is 3. The summed E-state index contributed by atoms with van der Waals surface area (Å²) in [6.07, 6.45) is -0.0393. The van der Waals surface area contributed by atoms with Crippen LogP contribution in [-0.4, -0.2) is 30.8 Å². The Bertz CT molecular complexity index is 1990. The van der Waals surface area contributed by atoms with Crippen LogP contribution >= 0.6 is 0 Å². The van der Waals surface area contributed by atoms with E-state index in [1.165, 1.54) is 4.31 Å². The third-order valence-corrected chi connectivity index (χ3v) is 9.60.